The van der Waals surface area contributed by atoms with Crippen LogP contribution in [0.2, 0.25) is 0 Å². The van der Waals surface area contributed by atoms with Crippen molar-refractivity contribution in [2.45, 2.75) is 150 Å². The fraction of sp³-hybridized carbons (Fsp3) is 0.342. The standard InChI is InChI=1S/C73H82N2/c1-8-13-16-17-22-56-28-38-64(39-29-56)75-71-24-19-18-23-67(71)68-46-35-60(49-72(68)75)58-32-42-63(43-33-58)74(61-36-25-52(6)26-37-61)62-40-30-57(31-41-62)59-34-45-66-65-44-27-53(7)47-69(65)73(70(66)48-59,50-54(11-4)20-14-9-2)51-55(12-5)21-15-10-3/h18-19,23-49,54-55H,8-17,20-22,50-51H2,1-7H3. The van der Waals surface area contributed by atoms with E-state index < -0.39 is 0 Å². The molecule has 1 aliphatic rings. The first-order valence-electron chi connectivity index (χ1n) is 29.2. The summed E-state index contributed by atoms with van der Waals surface area (Å²) in [6, 6.07) is 67.6. The first-order valence-corrected chi connectivity index (χ1v) is 29.2. The normalized spacial score (nSPS) is 14.8. The van der Waals surface area contributed by atoms with Gasteiger partial charge < -0.3 is 9.47 Å². The van der Waals surface area contributed by atoms with Crippen molar-refractivity contribution in [2.75, 3.05) is 4.90 Å². The Balaban J connectivity index is 0.986. The van der Waals surface area contributed by atoms with Crippen molar-refractivity contribution in [1.29, 1.82) is 0 Å². The molecule has 0 saturated carbocycles. The molecule has 0 radical (unpaired) electrons. The van der Waals surface area contributed by atoms with Crippen LogP contribution in [0.15, 0.2) is 176 Å². The Labute approximate surface area is 450 Å². The molecule has 0 aliphatic heterocycles. The molecule has 8 aromatic carbocycles. The first kappa shape index (κ1) is 51.8. The van der Waals surface area contributed by atoms with Gasteiger partial charge in [-0.1, -0.05) is 226 Å². The molecule has 1 aliphatic carbocycles. The number of fused-ring (bicyclic) bond motifs is 6. The number of benzene rings is 8. The second kappa shape index (κ2) is 23.5. The highest BCUT2D eigenvalue weighted by Crippen LogP contribution is 2.57. The number of hydrogen-bond acceptors (Lipinski definition) is 1. The van der Waals surface area contributed by atoms with Crippen molar-refractivity contribution in [3.63, 3.8) is 0 Å². The molecule has 2 unspecified atom stereocenters. The summed E-state index contributed by atoms with van der Waals surface area (Å²) in [4.78, 5) is 2.41. The number of aryl methyl sites for hydroxylation is 3. The smallest absolute Gasteiger partial charge is 0.0547 e. The van der Waals surface area contributed by atoms with Gasteiger partial charge in [-0.2, -0.15) is 0 Å². The SMILES string of the molecule is CCCCCCc1ccc(-n2c3ccccc3c3ccc(-c4ccc(N(c5ccc(C)cc5)c5ccc(-c6ccc7c(c6)C(CC(CC)CCCC)(CC(CC)CCCC)c6cc(C)ccc6-7)cc5)cc4)cc32)cc1. The van der Waals surface area contributed by atoms with Crippen LogP contribution in [0.1, 0.15) is 152 Å². The Hall–Kier alpha value is -6.64. The number of para-hydroxylation sites is 1. The highest BCUT2D eigenvalue weighted by molar-refractivity contribution is 6.10. The molecule has 1 heterocycles. The van der Waals surface area contributed by atoms with Crippen molar-refractivity contribution in [2.24, 2.45) is 11.8 Å². The fourth-order valence-electron chi connectivity index (χ4n) is 12.9. The van der Waals surface area contributed by atoms with E-state index in [0.717, 1.165) is 23.5 Å². The summed E-state index contributed by atoms with van der Waals surface area (Å²) in [7, 11) is 0. The minimum Gasteiger partial charge on any atom is -0.311 e. The molecule has 2 nitrogen and oxygen atoms in total. The average Bonchev–Trinajstić information content (AvgIpc) is 3.94. The van der Waals surface area contributed by atoms with Gasteiger partial charge in [-0.15, -0.1) is 0 Å². The summed E-state index contributed by atoms with van der Waals surface area (Å²) in [5, 5.41) is 2.57. The molecule has 9 aromatic rings. The third-order valence-corrected chi connectivity index (χ3v) is 17.3. The largest absolute Gasteiger partial charge is 0.311 e. The van der Waals surface area contributed by atoms with E-state index in [1.807, 2.05) is 0 Å². The third kappa shape index (κ3) is 10.8. The van der Waals surface area contributed by atoms with E-state index in [0.29, 0.717) is 11.8 Å². The Morgan fingerprint density at radius 1 is 0.427 bits per heavy atom. The maximum atomic E-state index is 2.62. The van der Waals surface area contributed by atoms with Crippen LogP contribution in [0.25, 0.3) is 60.9 Å². The lowest BCUT2D eigenvalue weighted by molar-refractivity contribution is 0.266. The van der Waals surface area contributed by atoms with Crippen molar-refractivity contribution >= 4 is 38.9 Å². The van der Waals surface area contributed by atoms with Gasteiger partial charge >= 0.3 is 0 Å². The van der Waals surface area contributed by atoms with E-state index in [9.17, 15) is 0 Å². The lowest BCUT2D eigenvalue weighted by Gasteiger charge is -2.39. The number of nitrogens with zero attached hydrogens (tertiary/aromatic N) is 2. The fourth-order valence-corrected chi connectivity index (χ4v) is 12.9. The first-order chi connectivity index (χ1) is 36.7. The minimum atomic E-state index is 0.00740. The summed E-state index contributed by atoms with van der Waals surface area (Å²) in [5.74, 6) is 1.40. The molecule has 1 aromatic heterocycles. The summed E-state index contributed by atoms with van der Waals surface area (Å²) >= 11 is 0. The molecule has 0 spiro atoms. The second-order valence-electron chi connectivity index (χ2n) is 22.5. The Morgan fingerprint density at radius 3 is 1.53 bits per heavy atom. The van der Waals surface area contributed by atoms with Crippen LogP contribution < -0.4 is 4.90 Å². The van der Waals surface area contributed by atoms with E-state index in [1.165, 1.54) is 167 Å². The van der Waals surface area contributed by atoms with Crippen molar-refractivity contribution < 1.29 is 0 Å². The highest BCUT2D eigenvalue weighted by atomic mass is 15.1. The molecule has 0 N–H and O–H groups in total. The zero-order valence-electron chi connectivity index (χ0n) is 46.4. The Bertz CT molecular complexity index is 3300. The van der Waals surface area contributed by atoms with E-state index in [1.54, 1.807) is 11.1 Å². The van der Waals surface area contributed by atoms with Gasteiger partial charge in [0, 0.05) is 38.9 Å². The van der Waals surface area contributed by atoms with Gasteiger partial charge in [-0.05, 0) is 168 Å². The van der Waals surface area contributed by atoms with Gasteiger partial charge in [0.05, 0.1) is 11.0 Å². The summed E-state index contributed by atoms with van der Waals surface area (Å²) in [6.45, 7) is 16.4. The van der Waals surface area contributed by atoms with Crippen molar-refractivity contribution in [1.82, 2.24) is 4.57 Å². The number of hydrogen-bond donors (Lipinski definition) is 0. The number of unbranched alkanes of at least 4 members (excludes halogenated alkanes) is 5. The Morgan fingerprint density at radius 2 is 0.933 bits per heavy atom. The predicted molar refractivity (Wildman–Crippen MR) is 326 cm³/mol. The third-order valence-electron chi connectivity index (χ3n) is 17.3. The average molecular weight is 987 g/mol. The monoisotopic (exact) mass is 987 g/mol. The van der Waals surface area contributed by atoms with Gasteiger partial charge in [0.25, 0.3) is 0 Å². The summed E-state index contributed by atoms with van der Waals surface area (Å²) in [6.07, 6.45) is 19.0. The molecule has 2 heteroatoms. The molecule has 10 rings (SSSR count). The molecular formula is C73H82N2. The Kier molecular flexibility index (Phi) is 16.2. The maximum absolute atomic E-state index is 2.62. The summed E-state index contributed by atoms with van der Waals surface area (Å²) < 4.78 is 2.46. The van der Waals surface area contributed by atoms with E-state index in [2.05, 4.69) is 234 Å². The molecule has 0 fully saturated rings. The van der Waals surface area contributed by atoms with Gasteiger partial charge in [0.2, 0.25) is 0 Å². The zero-order valence-corrected chi connectivity index (χ0v) is 46.4. The predicted octanol–water partition coefficient (Wildman–Crippen LogP) is 21.8. The number of rotatable bonds is 23. The molecule has 2 atom stereocenters. The van der Waals surface area contributed by atoms with Crippen LogP contribution in [-0.2, 0) is 11.8 Å². The zero-order chi connectivity index (χ0) is 51.9. The molecule has 0 saturated heterocycles. The van der Waals surface area contributed by atoms with Gasteiger partial charge in [-0.3, -0.25) is 0 Å². The molecule has 0 bridgehead atoms. The minimum absolute atomic E-state index is 0.00740. The van der Waals surface area contributed by atoms with E-state index in [-0.39, 0.29) is 5.41 Å². The van der Waals surface area contributed by atoms with Gasteiger partial charge in [0.15, 0.2) is 0 Å². The van der Waals surface area contributed by atoms with Crippen LogP contribution >= 0.6 is 0 Å². The maximum Gasteiger partial charge on any atom is 0.0547 e. The topological polar surface area (TPSA) is 8.17 Å². The second-order valence-corrected chi connectivity index (χ2v) is 22.5. The van der Waals surface area contributed by atoms with Crippen molar-refractivity contribution in [3.05, 3.63) is 204 Å². The molecule has 75 heavy (non-hydrogen) atoms. The van der Waals surface area contributed by atoms with Gasteiger partial charge in [0.1, 0.15) is 0 Å². The molecule has 0 amide bonds. The molecular weight excluding hydrogens is 905 g/mol. The van der Waals surface area contributed by atoms with Crippen LogP contribution in [0.5, 0.6) is 0 Å². The van der Waals surface area contributed by atoms with Crippen LogP contribution in [0.4, 0.5) is 17.1 Å². The summed E-state index contributed by atoms with van der Waals surface area (Å²) in [5.41, 5.74) is 22.3. The van der Waals surface area contributed by atoms with Crippen LogP contribution in [0, 0.1) is 25.7 Å². The molecule has 384 valence electrons. The van der Waals surface area contributed by atoms with E-state index >= 15 is 0 Å². The lowest BCUT2D eigenvalue weighted by Crippen LogP contribution is -2.31. The van der Waals surface area contributed by atoms with E-state index in [4.69, 9.17) is 0 Å². The van der Waals surface area contributed by atoms with Crippen LogP contribution in [-0.4, -0.2) is 4.57 Å². The lowest BCUT2D eigenvalue weighted by atomic mass is 9.65. The van der Waals surface area contributed by atoms with Gasteiger partial charge in [-0.25, -0.2) is 0 Å². The number of aromatic nitrogens is 1. The highest BCUT2D eigenvalue weighted by Gasteiger charge is 2.45. The van der Waals surface area contributed by atoms with Crippen molar-refractivity contribution in [3.8, 4) is 39.1 Å². The van der Waals surface area contributed by atoms with Crippen LogP contribution in [0.3, 0.4) is 0 Å². The quantitative estimate of drug-likeness (QED) is 0.0580. The number of anilines is 3.